The Bertz CT molecular complexity index is 595. The number of hydrogen-bond acceptors (Lipinski definition) is 2. The molecule has 2 N–H and O–H groups in total. The van der Waals surface area contributed by atoms with E-state index in [2.05, 4.69) is 0 Å². The number of nitrogens with two attached hydrogens (primary N) is 1. The molecule has 2 rings (SSSR count). The number of halogens is 1. The highest BCUT2D eigenvalue weighted by Gasteiger charge is 2.13. The highest BCUT2D eigenvalue weighted by atomic mass is 35.5. The quantitative estimate of drug-likeness (QED) is 0.900. The summed E-state index contributed by atoms with van der Waals surface area (Å²) in [6.07, 6.45) is 0.148. The number of hydrogen-bond donors (Lipinski definition) is 1. The zero-order valence-corrected chi connectivity index (χ0v) is 12.8. The van der Waals surface area contributed by atoms with Crippen molar-refractivity contribution in [2.24, 2.45) is 5.73 Å². The fourth-order valence-electron chi connectivity index (χ4n) is 2.19. The maximum absolute atomic E-state index is 6.37. The molecule has 0 saturated carbocycles. The molecule has 0 spiro atoms. The molecular weight excluding hydrogens is 270 g/mol. The SMILES string of the molecule is Cc1c(Cl)cccc1C(N)c1cccc(OC(C)C)c1. The summed E-state index contributed by atoms with van der Waals surface area (Å²) in [5, 5.41) is 0.743. The van der Waals surface area contributed by atoms with Gasteiger partial charge in [-0.25, -0.2) is 0 Å². The van der Waals surface area contributed by atoms with Crippen molar-refractivity contribution in [1.29, 1.82) is 0 Å². The lowest BCUT2D eigenvalue weighted by Crippen LogP contribution is -2.14. The number of benzene rings is 2. The van der Waals surface area contributed by atoms with Crippen LogP contribution in [0.2, 0.25) is 5.02 Å². The first kappa shape index (κ1) is 14.9. The second-order valence-corrected chi connectivity index (χ2v) is 5.58. The van der Waals surface area contributed by atoms with Crippen LogP contribution in [-0.2, 0) is 0 Å². The van der Waals surface area contributed by atoms with E-state index in [1.807, 2.05) is 63.2 Å². The van der Waals surface area contributed by atoms with Crippen molar-refractivity contribution >= 4 is 11.6 Å². The molecule has 0 amide bonds. The van der Waals surface area contributed by atoms with Gasteiger partial charge >= 0.3 is 0 Å². The third-order valence-corrected chi connectivity index (χ3v) is 3.64. The molecule has 0 aromatic heterocycles. The summed E-state index contributed by atoms with van der Waals surface area (Å²) in [4.78, 5) is 0. The monoisotopic (exact) mass is 289 g/mol. The van der Waals surface area contributed by atoms with Crippen LogP contribution in [-0.4, -0.2) is 6.10 Å². The molecule has 3 heteroatoms. The lowest BCUT2D eigenvalue weighted by Gasteiger charge is -2.17. The number of rotatable bonds is 4. The Balaban J connectivity index is 2.33. The van der Waals surface area contributed by atoms with Gasteiger partial charge in [0.15, 0.2) is 0 Å². The summed E-state index contributed by atoms with van der Waals surface area (Å²) in [5.74, 6) is 0.840. The van der Waals surface area contributed by atoms with Gasteiger partial charge in [-0.1, -0.05) is 35.9 Å². The van der Waals surface area contributed by atoms with Crippen molar-refractivity contribution in [3.63, 3.8) is 0 Å². The fourth-order valence-corrected chi connectivity index (χ4v) is 2.38. The lowest BCUT2D eigenvalue weighted by atomic mass is 9.95. The third-order valence-electron chi connectivity index (χ3n) is 3.23. The van der Waals surface area contributed by atoms with Crippen LogP contribution in [0.15, 0.2) is 42.5 Å². The molecule has 0 saturated heterocycles. The normalized spacial score (nSPS) is 12.5. The minimum atomic E-state index is -0.204. The standard InChI is InChI=1S/C17H20ClNO/c1-11(2)20-14-7-4-6-13(10-14)17(19)15-8-5-9-16(18)12(15)3/h4-11,17H,19H2,1-3H3. The van der Waals surface area contributed by atoms with Gasteiger partial charge in [-0.05, 0) is 55.7 Å². The van der Waals surface area contributed by atoms with E-state index in [0.717, 1.165) is 27.5 Å². The maximum Gasteiger partial charge on any atom is 0.120 e. The predicted octanol–water partition coefficient (Wildman–Crippen LogP) is 4.48. The van der Waals surface area contributed by atoms with Crippen molar-refractivity contribution < 1.29 is 4.74 Å². The van der Waals surface area contributed by atoms with Crippen LogP contribution in [0.25, 0.3) is 0 Å². The van der Waals surface area contributed by atoms with Gasteiger partial charge in [-0.2, -0.15) is 0 Å². The Labute approximate surface area is 125 Å². The first-order chi connectivity index (χ1) is 9.49. The molecule has 0 bridgehead atoms. The highest BCUT2D eigenvalue weighted by Crippen LogP contribution is 2.28. The molecule has 1 unspecified atom stereocenters. The average Bonchev–Trinajstić information content (AvgIpc) is 2.41. The molecule has 2 aromatic rings. The van der Waals surface area contributed by atoms with Crippen LogP contribution in [0.5, 0.6) is 5.75 Å². The minimum Gasteiger partial charge on any atom is -0.491 e. The van der Waals surface area contributed by atoms with E-state index in [0.29, 0.717) is 0 Å². The van der Waals surface area contributed by atoms with Crippen LogP contribution < -0.4 is 10.5 Å². The minimum absolute atomic E-state index is 0.148. The van der Waals surface area contributed by atoms with E-state index in [1.165, 1.54) is 0 Å². The molecule has 2 nitrogen and oxygen atoms in total. The third kappa shape index (κ3) is 3.33. The highest BCUT2D eigenvalue weighted by molar-refractivity contribution is 6.31. The van der Waals surface area contributed by atoms with Crippen molar-refractivity contribution in [2.45, 2.75) is 32.9 Å². The lowest BCUT2D eigenvalue weighted by molar-refractivity contribution is 0.242. The van der Waals surface area contributed by atoms with Crippen LogP contribution in [0.4, 0.5) is 0 Å². The molecule has 0 aliphatic heterocycles. The van der Waals surface area contributed by atoms with Crippen LogP contribution >= 0.6 is 11.6 Å². The van der Waals surface area contributed by atoms with E-state index < -0.39 is 0 Å². The smallest absolute Gasteiger partial charge is 0.120 e. The van der Waals surface area contributed by atoms with Crippen molar-refractivity contribution in [2.75, 3.05) is 0 Å². The van der Waals surface area contributed by atoms with E-state index in [9.17, 15) is 0 Å². The maximum atomic E-state index is 6.37. The molecule has 0 aliphatic rings. The molecule has 0 heterocycles. The van der Waals surface area contributed by atoms with Crippen molar-refractivity contribution in [3.8, 4) is 5.75 Å². The number of ether oxygens (including phenoxy) is 1. The van der Waals surface area contributed by atoms with Crippen molar-refractivity contribution in [3.05, 3.63) is 64.2 Å². The molecule has 0 aliphatic carbocycles. The summed E-state index contributed by atoms with van der Waals surface area (Å²) in [6.45, 7) is 6.01. The van der Waals surface area contributed by atoms with E-state index in [-0.39, 0.29) is 12.1 Å². The Morgan fingerprint density at radius 3 is 2.50 bits per heavy atom. The van der Waals surface area contributed by atoms with E-state index in [4.69, 9.17) is 22.1 Å². The summed E-state index contributed by atoms with van der Waals surface area (Å²) in [6, 6.07) is 13.5. The molecule has 1 atom stereocenters. The van der Waals surface area contributed by atoms with Crippen molar-refractivity contribution in [1.82, 2.24) is 0 Å². The molecule has 2 aromatic carbocycles. The molecule has 106 valence electrons. The van der Waals surface area contributed by atoms with Gasteiger partial charge in [0.2, 0.25) is 0 Å². The van der Waals surface area contributed by atoms with Crippen LogP contribution in [0.1, 0.15) is 36.6 Å². The molecule has 0 radical (unpaired) electrons. The first-order valence-electron chi connectivity index (χ1n) is 6.76. The largest absolute Gasteiger partial charge is 0.491 e. The van der Waals surface area contributed by atoms with E-state index >= 15 is 0 Å². The summed E-state index contributed by atoms with van der Waals surface area (Å²) < 4.78 is 5.71. The summed E-state index contributed by atoms with van der Waals surface area (Å²) >= 11 is 6.17. The average molecular weight is 290 g/mol. The van der Waals surface area contributed by atoms with Gasteiger partial charge < -0.3 is 10.5 Å². The summed E-state index contributed by atoms with van der Waals surface area (Å²) in [7, 11) is 0. The zero-order valence-electron chi connectivity index (χ0n) is 12.1. The molecule has 0 fully saturated rings. The van der Waals surface area contributed by atoms with E-state index in [1.54, 1.807) is 0 Å². The Morgan fingerprint density at radius 2 is 1.80 bits per heavy atom. The first-order valence-corrected chi connectivity index (χ1v) is 7.14. The summed E-state index contributed by atoms with van der Waals surface area (Å²) in [5.41, 5.74) is 9.46. The van der Waals surface area contributed by atoms with Crippen LogP contribution in [0.3, 0.4) is 0 Å². The Hall–Kier alpha value is -1.51. The zero-order chi connectivity index (χ0) is 14.7. The van der Waals surface area contributed by atoms with Gasteiger partial charge in [-0.3, -0.25) is 0 Å². The molecular formula is C17H20ClNO. The Kier molecular flexibility index (Phi) is 4.69. The molecule has 20 heavy (non-hydrogen) atoms. The van der Waals surface area contributed by atoms with Crippen LogP contribution in [0, 0.1) is 6.92 Å². The second kappa shape index (κ2) is 6.29. The van der Waals surface area contributed by atoms with Gasteiger partial charge in [0.25, 0.3) is 0 Å². The topological polar surface area (TPSA) is 35.2 Å². The second-order valence-electron chi connectivity index (χ2n) is 5.17. The van der Waals surface area contributed by atoms with Gasteiger partial charge in [0.1, 0.15) is 5.75 Å². The fraction of sp³-hybridized carbons (Fsp3) is 0.294. The van der Waals surface area contributed by atoms with Gasteiger partial charge in [0, 0.05) is 5.02 Å². The van der Waals surface area contributed by atoms with Gasteiger partial charge in [-0.15, -0.1) is 0 Å². The Morgan fingerprint density at radius 1 is 1.10 bits per heavy atom. The predicted molar refractivity (Wildman–Crippen MR) is 84.4 cm³/mol. The van der Waals surface area contributed by atoms with Gasteiger partial charge in [0.05, 0.1) is 12.1 Å².